The van der Waals surface area contributed by atoms with Crippen LogP contribution in [-0.2, 0) is 0 Å². The summed E-state index contributed by atoms with van der Waals surface area (Å²) < 4.78 is 10.9. The smallest absolute Gasteiger partial charge is 0.191 e. The van der Waals surface area contributed by atoms with Gasteiger partial charge in [-0.2, -0.15) is 0 Å². The van der Waals surface area contributed by atoms with Gasteiger partial charge in [0.1, 0.15) is 0 Å². The van der Waals surface area contributed by atoms with Crippen molar-refractivity contribution in [1.82, 2.24) is 15.5 Å². The number of likely N-dealkylation sites (N-methyl/N-ethyl adjacent to an activating group) is 1. The quantitative estimate of drug-likeness (QED) is 0.297. The fraction of sp³-hybridized carbons (Fsp3) is 0.458. The second-order valence-electron chi connectivity index (χ2n) is 7.96. The van der Waals surface area contributed by atoms with Crippen molar-refractivity contribution in [2.75, 3.05) is 59.9 Å². The summed E-state index contributed by atoms with van der Waals surface area (Å²) in [5.41, 5.74) is 2.43. The molecule has 0 amide bonds. The Morgan fingerprint density at radius 1 is 1.12 bits per heavy atom. The van der Waals surface area contributed by atoms with Gasteiger partial charge in [-0.15, -0.1) is 24.0 Å². The number of hydrogen-bond donors (Lipinski definition) is 2. The first kappa shape index (κ1) is 26.1. The summed E-state index contributed by atoms with van der Waals surface area (Å²) in [6, 6.07) is 17.2. The summed E-state index contributed by atoms with van der Waals surface area (Å²) in [5, 5.41) is 7.09. The molecule has 1 heterocycles. The molecule has 7 nitrogen and oxygen atoms in total. The van der Waals surface area contributed by atoms with E-state index in [2.05, 4.69) is 75.9 Å². The molecule has 2 aromatic rings. The average Bonchev–Trinajstić information content (AvgIpc) is 3.27. The van der Waals surface area contributed by atoms with Gasteiger partial charge < -0.3 is 29.9 Å². The van der Waals surface area contributed by atoms with E-state index >= 15 is 0 Å². The van der Waals surface area contributed by atoms with Gasteiger partial charge in [0.2, 0.25) is 0 Å². The Hall–Kier alpha value is -2.20. The Balaban J connectivity index is 0.00000363. The molecule has 8 heteroatoms. The van der Waals surface area contributed by atoms with Crippen LogP contribution in [0.15, 0.2) is 53.5 Å². The number of nitrogens with one attached hydrogen (secondary N) is 2. The van der Waals surface area contributed by atoms with Crippen molar-refractivity contribution in [1.29, 1.82) is 0 Å². The summed E-state index contributed by atoms with van der Waals surface area (Å²) in [4.78, 5) is 9.05. The minimum Gasteiger partial charge on any atom is -0.493 e. The minimum atomic E-state index is 0. The van der Waals surface area contributed by atoms with Crippen LogP contribution in [0.25, 0.3) is 0 Å². The Bertz CT molecular complexity index is 863. The summed E-state index contributed by atoms with van der Waals surface area (Å²) in [7, 11) is 9.29. The van der Waals surface area contributed by atoms with Gasteiger partial charge in [0.25, 0.3) is 0 Å². The van der Waals surface area contributed by atoms with Crippen LogP contribution in [0, 0.1) is 0 Å². The second kappa shape index (κ2) is 12.7. The third-order valence-corrected chi connectivity index (χ3v) is 5.75. The van der Waals surface area contributed by atoms with Gasteiger partial charge in [0, 0.05) is 38.4 Å². The maximum atomic E-state index is 5.48. The predicted molar refractivity (Wildman–Crippen MR) is 143 cm³/mol. The normalized spacial score (nSPS) is 17.0. The monoisotopic (exact) mass is 553 g/mol. The Labute approximate surface area is 209 Å². The summed E-state index contributed by atoms with van der Waals surface area (Å²) in [5.74, 6) is 2.30. The number of hydrogen-bond acceptors (Lipinski definition) is 5. The van der Waals surface area contributed by atoms with Crippen LogP contribution in [0.1, 0.15) is 18.0 Å². The van der Waals surface area contributed by atoms with Gasteiger partial charge in [0.05, 0.1) is 20.3 Å². The molecule has 1 fully saturated rings. The molecule has 0 spiro atoms. The van der Waals surface area contributed by atoms with Gasteiger partial charge >= 0.3 is 0 Å². The lowest BCUT2D eigenvalue weighted by atomic mass is 10.1. The zero-order valence-electron chi connectivity index (χ0n) is 19.7. The first-order valence-electron chi connectivity index (χ1n) is 10.7. The summed E-state index contributed by atoms with van der Waals surface area (Å²) in [6.45, 7) is 2.74. The van der Waals surface area contributed by atoms with Crippen LogP contribution in [0.4, 0.5) is 5.69 Å². The number of benzene rings is 2. The highest BCUT2D eigenvalue weighted by Crippen LogP contribution is 2.31. The molecule has 0 aromatic heterocycles. The third-order valence-electron chi connectivity index (χ3n) is 5.75. The number of aliphatic imine (C=N–C) groups is 1. The fourth-order valence-corrected chi connectivity index (χ4v) is 3.99. The van der Waals surface area contributed by atoms with Gasteiger partial charge in [-0.25, -0.2) is 0 Å². The number of rotatable bonds is 8. The van der Waals surface area contributed by atoms with E-state index in [1.54, 1.807) is 14.2 Å². The van der Waals surface area contributed by atoms with Crippen molar-refractivity contribution in [3.8, 4) is 11.5 Å². The van der Waals surface area contributed by atoms with Gasteiger partial charge in [-0.05, 0) is 50.3 Å². The first-order valence-corrected chi connectivity index (χ1v) is 10.7. The van der Waals surface area contributed by atoms with E-state index in [1.807, 2.05) is 19.2 Å². The Morgan fingerprint density at radius 3 is 2.47 bits per heavy atom. The van der Waals surface area contributed by atoms with Crippen molar-refractivity contribution in [3.05, 3.63) is 54.1 Å². The molecule has 2 atom stereocenters. The molecule has 1 saturated heterocycles. The van der Waals surface area contributed by atoms with E-state index in [0.29, 0.717) is 6.04 Å². The molecule has 0 aliphatic carbocycles. The van der Waals surface area contributed by atoms with E-state index < -0.39 is 0 Å². The van der Waals surface area contributed by atoms with Crippen molar-refractivity contribution < 1.29 is 9.47 Å². The number of ether oxygens (including phenoxy) is 2. The van der Waals surface area contributed by atoms with Crippen molar-refractivity contribution >= 4 is 35.6 Å². The molecule has 2 unspecified atom stereocenters. The minimum absolute atomic E-state index is 0. The number of nitrogens with zero attached hydrogens (tertiary/aromatic N) is 3. The number of para-hydroxylation sites is 1. The Kier molecular flexibility index (Phi) is 10.4. The number of guanidine groups is 1. The molecule has 2 N–H and O–H groups in total. The standard InChI is InChI=1S/C24H35N5O2.HI/c1-25-24(27-19-13-14-29(17-19)20-9-7-6-8-10-20)26-16-21(28(2)3)18-11-12-22(30-4)23(15-18)31-5;/h6-12,15,19,21H,13-14,16-17H2,1-5H3,(H2,25,26,27);1H. The van der Waals surface area contributed by atoms with Crippen LogP contribution in [0.2, 0.25) is 0 Å². The van der Waals surface area contributed by atoms with E-state index in [1.165, 1.54) is 5.69 Å². The van der Waals surface area contributed by atoms with Crippen molar-refractivity contribution in [2.24, 2.45) is 4.99 Å². The number of halogens is 1. The predicted octanol–water partition coefficient (Wildman–Crippen LogP) is 3.37. The summed E-state index contributed by atoms with van der Waals surface area (Å²) >= 11 is 0. The molecular weight excluding hydrogens is 517 g/mol. The zero-order valence-corrected chi connectivity index (χ0v) is 22.0. The number of anilines is 1. The molecule has 3 rings (SSSR count). The SMILES string of the molecule is CN=C(NCC(c1ccc(OC)c(OC)c1)N(C)C)NC1CCN(c2ccccc2)C1.I. The van der Waals surface area contributed by atoms with Crippen LogP contribution >= 0.6 is 24.0 Å². The molecule has 1 aliphatic heterocycles. The van der Waals surface area contributed by atoms with Crippen molar-refractivity contribution in [2.45, 2.75) is 18.5 Å². The maximum Gasteiger partial charge on any atom is 0.191 e. The second-order valence-corrected chi connectivity index (χ2v) is 7.96. The molecular formula is C24H36IN5O2. The molecule has 0 saturated carbocycles. The molecule has 176 valence electrons. The molecule has 1 aliphatic rings. The van der Waals surface area contributed by atoms with E-state index in [0.717, 1.165) is 49.1 Å². The average molecular weight is 553 g/mol. The molecule has 0 radical (unpaired) electrons. The number of methoxy groups -OCH3 is 2. The highest BCUT2D eigenvalue weighted by atomic mass is 127. The largest absolute Gasteiger partial charge is 0.493 e. The highest BCUT2D eigenvalue weighted by molar-refractivity contribution is 14.0. The van der Waals surface area contributed by atoms with E-state index in [-0.39, 0.29) is 30.0 Å². The maximum absolute atomic E-state index is 5.48. The van der Waals surface area contributed by atoms with Gasteiger partial charge in [-0.3, -0.25) is 4.99 Å². The lowest BCUT2D eigenvalue weighted by molar-refractivity contribution is 0.295. The van der Waals surface area contributed by atoms with Gasteiger partial charge in [-0.1, -0.05) is 24.3 Å². The highest BCUT2D eigenvalue weighted by Gasteiger charge is 2.24. The van der Waals surface area contributed by atoms with E-state index in [9.17, 15) is 0 Å². The summed E-state index contributed by atoms with van der Waals surface area (Å²) in [6.07, 6.45) is 1.09. The Morgan fingerprint density at radius 2 is 1.84 bits per heavy atom. The van der Waals surface area contributed by atoms with Gasteiger partial charge in [0.15, 0.2) is 17.5 Å². The molecule has 32 heavy (non-hydrogen) atoms. The molecule has 0 bridgehead atoms. The fourth-order valence-electron chi connectivity index (χ4n) is 3.99. The van der Waals surface area contributed by atoms with Crippen molar-refractivity contribution in [3.63, 3.8) is 0 Å². The van der Waals surface area contributed by atoms with Crippen LogP contribution < -0.4 is 25.0 Å². The molecule has 2 aromatic carbocycles. The van der Waals surface area contributed by atoms with Crippen LogP contribution in [-0.4, -0.2) is 71.9 Å². The lowest BCUT2D eigenvalue weighted by Gasteiger charge is -2.27. The zero-order chi connectivity index (χ0) is 22.2. The lowest BCUT2D eigenvalue weighted by Crippen LogP contribution is -2.46. The van der Waals surface area contributed by atoms with E-state index in [4.69, 9.17) is 9.47 Å². The third kappa shape index (κ3) is 6.65. The van der Waals surface area contributed by atoms with Crippen LogP contribution in [0.3, 0.4) is 0 Å². The first-order chi connectivity index (χ1) is 15.0. The van der Waals surface area contributed by atoms with Crippen LogP contribution in [0.5, 0.6) is 11.5 Å². The topological polar surface area (TPSA) is 61.4 Å².